The molecule has 1 unspecified atom stereocenters. The average Bonchev–Trinajstić information content (AvgIpc) is 3.48. The van der Waals surface area contributed by atoms with Gasteiger partial charge in [-0.3, -0.25) is 4.79 Å². The van der Waals surface area contributed by atoms with Crippen LogP contribution in [0.1, 0.15) is 163 Å². The molecule has 0 aliphatic heterocycles. The van der Waals surface area contributed by atoms with Crippen LogP contribution in [0.25, 0.3) is 0 Å². The number of ether oxygens (including phenoxy) is 2. The van der Waals surface area contributed by atoms with Gasteiger partial charge in [0, 0.05) is 18.4 Å². The van der Waals surface area contributed by atoms with Crippen LogP contribution in [-0.2, 0) is 9.53 Å². The second-order valence-electron chi connectivity index (χ2n) is 18.0. The van der Waals surface area contributed by atoms with E-state index in [1.807, 2.05) is 24.3 Å². The summed E-state index contributed by atoms with van der Waals surface area (Å²) in [6, 6.07) is 7.74. The zero-order valence-corrected chi connectivity index (χ0v) is 33.4. The van der Waals surface area contributed by atoms with Gasteiger partial charge in [0.05, 0.1) is 6.61 Å². The van der Waals surface area contributed by atoms with Crippen molar-refractivity contribution in [2.75, 3.05) is 6.61 Å². The van der Waals surface area contributed by atoms with E-state index in [4.69, 9.17) is 15.9 Å². The molecule has 0 aromatic heterocycles. The van der Waals surface area contributed by atoms with Gasteiger partial charge < -0.3 is 9.47 Å². The van der Waals surface area contributed by atoms with Crippen molar-refractivity contribution in [2.45, 2.75) is 163 Å². The zero-order valence-electron chi connectivity index (χ0n) is 33.4. The first-order chi connectivity index (χ1) is 24.6. The number of carbonyl (C=O) groups is 1. The number of esters is 1. The van der Waals surface area contributed by atoms with E-state index in [0.717, 1.165) is 79.6 Å². The molecule has 0 radical (unpaired) electrons. The Balaban J connectivity index is 0.978. The van der Waals surface area contributed by atoms with Gasteiger partial charge in [-0.1, -0.05) is 110 Å². The Morgan fingerprint density at radius 3 is 2.29 bits per heavy atom. The Bertz CT molecular complexity index is 1350. The van der Waals surface area contributed by atoms with Crippen LogP contribution in [0.5, 0.6) is 5.75 Å². The van der Waals surface area contributed by atoms with E-state index >= 15 is 0 Å². The van der Waals surface area contributed by atoms with Crippen molar-refractivity contribution < 1.29 is 14.3 Å². The zero-order chi connectivity index (χ0) is 36.4. The van der Waals surface area contributed by atoms with Crippen molar-refractivity contribution in [3.8, 4) is 18.1 Å². The van der Waals surface area contributed by atoms with E-state index in [-0.39, 0.29) is 12.1 Å². The second-order valence-corrected chi connectivity index (χ2v) is 18.0. The lowest BCUT2D eigenvalue weighted by atomic mass is 9.47. The summed E-state index contributed by atoms with van der Waals surface area (Å²) < 4.78 is 12.0. The van der Waals surface area contributed by atoms with Gasteiger partial charge in [0.2, 0.25) is 0 Å². The fraction of sp³-hybridized carbons (Fsp3) is 0.729. The van der Waals surface area contributed by atoms with Crippen LogP contribution in [0.15, 0.2) is 48.1 Å². The molecule has 282 valence electrons. The molecule has 51 heavy (non-hydrogen) atoms. The summed E-state index contributed by atoms with van der Waals surface area (Å²) in [6.45, 7) is 15.6. The van der Waals surface area contributed by atoms with Crippen molar-refractivity contribution in [2.24, 2.45) is 52.3 Å². The SMILES string of the molecule is C#Cc1ccc(OCCCCCCCCCCC(=O)OC2CC[C@@]3(C)C(=CC[C@H]4[C@@H]5CC[C@H]([C@H](C)/C=C/[C@@H](CC)C(C)C)[C@@]5(C)CC[C@@H]43)C2)cc1. The monoisotopic (exact) mass is 697 g/mol. The highest BCUT2D eigenvalue weighted by Crippen LogP contribution is 2.67. The number of carbonyl (C=O) groups excluding carboxylic acids is 1. The molecule has 1 aromatic carbocycles. The highest BCUT2D eigenvalue weighted by molar-refractivity contribution is 5.69. The topological polar surface area (TPSA) is 35.5 Å². The highest BCUT2D eigenvalue weighted by Gasteiger charge is 2.59. The fourth-order valence-corrected chi connectivity index (χ4v) is 11.4. The maximum Gasteiger partial charge on any atom is 0.306 e. The van der Waals surface area contributed by atoms with Gasteiger partial charge in [0.15, 0.2) is 0 Å². The molecule has 0 bridgehead atoms. The Morgan fingerprint density at radius 2 is 1.61 bits per heavy atom. The number of fused-ring (bicyclic) bond motifs is 5. The molecular formula is C48H72O3. The first kappa shape index (κ1) is 39.7. The van der Waals surface area contributed by atoms with Gasteiger partial charge in [-0.2, -0.15) is 0 Å². The van der Waals surface area contributed by atoms with E-state index < -0.39 is 0 Å². The van der Waals surface area contributed by atoms with E-state index in [2.05, 4.69) is 65.7 Å². The lowest BCUT2D eigenvalue weighted by molar-refractivity contribution is -0.151. The number of allylic oxidation sites excluding steroid dienone is 3. The molecule has 3 nitrogen and oxygen atoms in total. The van der Waals surface area contributed by atoms with Gasteiger partial charge in [-0.05, 0) is 141 Å². The third-order valence-corrected chi connectivity index (χ3v) is 14.6. The standard InChI is InChI=1S/C48H72O3/c1-8-37-20-24-40(25-21-37)50-33-17-15-13-11-10-12-14-16-18-46(49)51-41-29-31-47(6)39(34-41)23-26-42-44-28-27-43(48(44,7)32-30-45(42)47)36(5)19-22-38(9-2)35(3)4/h1,19-25,35-36,38,41-45H,9-18,26-34H2,2-7H3/b22-19+/t36-,38-,41?,42+,43-,44+,45+,47+,48-/m1/s1. The second kappa shape index (κ2) is 18.5. The molecule has 0 spiro atoms. The van der Waals surface area contributed by atoms with Gasteiger partial charge in [0.1, 0.15) is 11.9 Å². The lowest BCUT2D eigenvalue weighted by Gasteiger charge is -2.58. The average molecular weight is 697 g/mol. The predicted octanol–water partition coefficient (Wildman–Crippen LogP) is 12.9. The van der Waals surface area contributed by atoms with E-state index in [0.29, 0.717) is 29.1 Å². The minimum Gasteiger partial charge on any atom is -0.494 e. The Kier molecular flexibility index (Phi) is 14.4. The van der Waals surface area contributed by atoms with Crippen LogP contribution in [0.3, 0.4) is 0 Å². The van der Waals surface area contributed by atoms with Gasteiger partial charge >= 0.3 is 5.97 Å². The van der Waals surface area contributed by atoms with Gasteiger partial charge in [0.25, 0.3) is 0 Å². The molecule has 9 atom stereocenters. The van der Waals surface area contributed by atoms with Crippen molar-refractivity contribution in [1.29, 1.82) is 0 Å². The first-order valence-electron chi connectivity index (χ1n) is 21.4. The third kappa shape index (κ3) is 9.75. The van der Waals surface area contributed by atoms with E-state index in [1.165, 1.54) is 77.0 Å². The summed E-state index contributed by atoms with van der Waals surface area (Å²) >= 11 is 0. The summed E-state index contributed by atoms with van der Waals surface area (Å²) in [4.78, 5) is 12.9. The third-order valence-electron chi connectivity index (χ3n) is 14.6. The maximum absolute atomic E-state index is 12.9. The Hall–Kier alpha value is -2.47. The Morgan fingerprint density at radius 1 is 0.902 bits per heavy atom. The molecular weight excluding hydrogens is 625 g/mol. The smallest absolute Gasteiger partial charge is 0.306 e. The van der Waals surface area contributed by atoms with Crippen molar-refractivity contribution in [3.63, 3.8) is 0 Å². The quantitative estimate of drug-likeness (QED) is 0.0663. The molecule has 3 saturated carbocycles. The summed E-state index contributed by atoms with van der Waals surface area (Å²) in [5.74, 6) is 8.96. The van der Waals surface area contributed by atoms with Crippen LogP contribution in [0, 0.1) is 64.6 Å². The number of terminal acetylenes is 1. The van der Waals surface area contributed by atoms with Crippen LogP contribution < -0.4 is 4.74 Å². The van der Waals surface area contributed by atoms with Crippen LogP contribution >= 0.6 is 0 Å². The lowest BCUT2D eigenvalue weighted by Crippen LogP contribution is -2.51. The minimum atomic E-state index is 0.0269. The first-order valence-corrected chi connectivity index (χ1v) is 21.4. The largest absolute Gasteiger partial charge is 0.494 e. The number of hydrogen-bond donors (Lipinski definition) is 0. The van der Waals surface area contributed by atoms with E-state index in [1.54, 1.807) is 5.57 Å². The minimum absolute atomic E-state index is 0.0269. The molecule has 0 N–H and O–H groups in total. The molecule has 4 aliphatic carbocycles. The summed E-state index contributed by atoms with van der Waals surface area (Å²) in [7, 11) is 0. The summed E-state index contributed by atoms with van der Waals surface area (Å²) in [5, 5.41) is 0. The molecule has 0 heterocycles. The number of benzene rings is 1. The van der Waals surface area contributed by atoms with Crippen LogP contribution in [0.2, 0.25) is 0 Å². The van der Waals surface area contributed by atoms with Crippen LogP contribution in [-0.4, -0.2) is 18.7 Å². The number of rotatable bonds is 18. The summed E-state index contributed by atoms with van der Waals surface area (Å²) in [6.07, 6.45) is 34.4. The molecule has 5 rings (SSSR count). The molecule has 3 fully saturated rings. The van der Waals surface area contributed by atoms with Crippen molar-refractivity contribution in [1.82, 2.24) is 0 Å². The molecule has 0 saturated heterocycles. The Labute approximate surface area is 313 Å². The molecule has 3 heteroatoms. The molecule has 1 aromatic rings. The molecule has 4 aliphatic rings. The normalized spacial score (nSPS) is 31.3. The number of hydrogen-bond acceptors (Lipinski definition) is 3. The van der Waals surface area contributed by atoms with Gasteiger partial charge in [-0.25, -0.2) is 0 Å². The summed E-state index contributed by atoms with van der Waals surface area (Å²) in [5.41, 5.74) is 3.28. The highest BCUT2D eigenvalue weighted by atomic mass is 16.5. The predicted molar refractivity (Wildman–Crippen MR) is 213 cm³/mol. The number of unbranched alkanes of at least 4 members (excludes halogenated alkanes) is 7. The molecule has 0 amide bonds. The maximum atomic E-state index is 12.9. The van der Waals surface area contributed by atoms with Gasteiger partial charge in [-0.15, -0.1) is 6.42 Å². The van der Waals surface area contributed by atoms with Crippen molar-refractivity contribution in [3.05, 3.63) is 53.6 Å². The fourth-order valence-electron chi connectivity index (χ4n) is 11.4. The van der Waals surface area contributed by atoms with Crippen LogP contribution in [0.4, 0.5) is 0 Å². The van der Waals surface area contributed by atoms with Crippen molar-refractivity contribution >= 4 is 5.97 Å². The van der Waals surface area contributed by atoms with E-state index in [9.17, 15) is 4.79 Å².